The molecule has 0 fully saturated rings. The minimum absolute atomic E-state index is 0.0716. The number of rotatable bonds is 9. The van der Waals surface area contributed by atoms with Gasteiger partial charge in [-0.05, 0) is 68.5 Å². The van der Waals surface area contributed by atoms with Crippen LogP contribution < -0.4 is 4.74 Å². The first-order valence-electron chi connectivity index (χ1n) is 11.5. The van der Waals surface area contributed by atoms with Gasteiger partial charge in [0.1, 0.15) is 5.75 Å². The fourth-order valence-corrected chi connectivity index (χ4v) is 4.79. The van der Waals surface area contributed by atoms with Gasteiger partial charge in [-0.3, -0.25) is 9.48 Å². The van der Waals surface area contributed by atoms with E-state index in [9.17, 15) is 9.90 Å². The van der Waals surface area contributed by atoms with Gasteiger partial charge in [0, 0.05) is 41.5 Å². The number of hydrogen-bond donors (Lipinski definition) is 1. The molecule has 0 aliphatic heterocycles. The molecule has 2 heterocycles. The number of carbonyl (C=O) groups is 1. The summed E-state index contributed by atoms with van der Waals surface area (Å²) in [6, 6.07) is 12.2. The molecule has 0 atom stereocenters. The van der Waals surface area contributed by atoms with Crippen molar-refractivity contribution >= 4 is 28.5 Å². The number of benzene rings is 2. The number of ether oxygens (including phenoxy) is 1. The molecule has 7 heteroatoms. The molecule has 0 aliphatic rings. The third kappa shape index (κ3) is 4.68. The lowest BCUT2D eigenvalue weighted by Gasteiger charge is -2.11. The van der Waals surface area contributed by atoms with Crippen LogP contribution in [0.15, 0.2) is 42.6 Å². The van der Waals surface area contributed by atoms with Crippen molar-refractivity contribution in [2.45, 2.75) is 46.6 Å². The van der Waals surface area contributed by atoms with Gasteiger partial charge in [0.25, 0.3) is 0 Å². The van der Waals surface area contributed by atoms with E-state index < -0.39 is 5.97 Å². The lowest BCUT2D eigenvalue weighted by atomic mass is 10.0. The van der Waals surface area contributed by atoms with Gasteiger partial charge in [-0.1, -0.05) is 29.8 Å². The van der Waals surface area contributed by atoms with Crippen LogP contribution in [-0.2, 0) is 24.8 Å². The van der Waals surface area contributed by atoms with Crippen molar-refractivity contribution in [3.8, 4) is 17.0 Å². The first-order valence-corrected chi connectivity index (χ1v) is 11.9. The molecule has 34 heavy (non-hydrogen) atoms. The maximum Gasteiger partial charge on any atom is 0.305 e. The minimum atomic E-state index is -0.803. The molecule has 0 spiro atoms. The first-order chi connectivity index (χ1) is 16.3. The predicted molar refractivity (Wildman–Crippen MR) is 136 cm³/mol. The fraction of sp³-hybridized carbons (Fsp3) is 0.333. The summed E-state index contributed by atoms with van der Waals surface area (Å²) in [5.41, 5.74) is 7.47. The normalized spacial score (nSPS) is 11.3. The second kappa shape index (κ2) is 9.94. The molecule has 0 bridgehead atoms. The fourth-order valence-electron chi connectivity index (χ4n) is 4.68. The maximum atomic E-state index is 11.4. The molecule has 0 saturated heterocycles. The van der Waals surface area contributed by atoms with Crippen LogP contribution in [0.4, 0.5) is 0 Å². The zero-order valence-corrected chi connectivity index (χ0v) is 20.8. The summed E-state index contributed by atoms with van der Waals surface area (Å²) in [5, 5.41) is 15.6. The van der Waals surface area contributed by atoms with E-state index in [1.165, 1.54) is 5.56 Å². The molecule has 6 nitrogen and oxygen atoms in total. The number of fused-ring (bicyclic) bond motifs is 1. The van der Waals surface area contributed by atoms with Crippen molar-refractivity contribution in [1.82, 2.24) is 14.3 Å². The lowest BCUT2D eigenvalue weighted by molar-refractivity contribution is -0.137. The maximum absolute atomic E-state index is 11.4. The summed E-state index contributed by atoms with van der Waals surface area (Å²) in [7, 11) is 1.92. The van der Waals surface area contributed by atoms with Gasteiger partial charge in [0.15, 0.2) is 0 Å². The van der Waals surface area contributed by atoms with E-state index in [0.29, 0.717) is 13.2 Å². The smallest absolute Gasteiger partial charge is 0.305 e. The predicted octanol–water partition coefficient (Wildman–Crippen LogP) is 6.11. The standard InChI is InChI=1S/C27H30ClN3O3/c1-17-15-20(16-18(2)26(17)28)34-14-6-9-21-19(3)31(13-11-25(32)33)27-22(21)7-5-8-23(27)24-10-12-29-30(24)4/h5,7-8,10,12,15-16H,6,9,11,13-14H2,1-4H3,(H,32,33). The van der Waals surface area contributed by atoms with Crippen molar-refractivity contribution < 1.29 is 14.6 Å². The largest absolute Gasteiger partial charge is 0.494 e. The Kier molecular flexibility index (Phi) is 6.98. The Bertz CT molecular complexity index is 1330. The average molecular weight is 480 g/mol. The van der Waals surface area contributed by atoms with Gasteiger partial charge >= 0.3 is 5.97 Å². The average Bonchev–Trinajstić information content (AvgIpc) is 3.34. The Morgan fingerprint density at radius 2 is 1.88 bits per heavy atom. The second-order valence-corrected chi connectivity index (χ2v) is 9.10. The Morgan fingerprint density at radius 3 is 2.53 bits per heavy atom. The van der Waals surface area contributed by atoms with E-state index in [-0.39, 0.29) is 6.42 Å². The van der Waals surface area contributed by atoms with Crippen molar-refractivity contribution in [2.75, 3.05) is 6.61 Å². The minimum Gasteiger partial charge on any atom is -0.494 e. The van der Waals surface area contributed by atoms with Crippen LogP contribution in [0.2, 0.25) is 5.02 Å². The highest BCUT2D eigenvalue weighted by Gasteiger charge is 2.19. The summed E-state index contributed by atoms with van der Waals surface area (Å²) in [6.07, 6.45) is 3.53. The van der Waals surface area contributed by atoms with Gasteiger partial charge in [-0.15, -0.1) is 0 Å². The van der Waals surface area contributed by atoms with Gasteiger partial charge < -0.3 is 14.4 Å². The zero-order valence-electron chi connectivity index (χ0n) is 20.1. The van der Waals surface area contributed by atoms with Crippen molar-refractivity contribution in [3.05, 3.63) is 70.0 Å². The van der Waals surface area contributed by atoms with Gasteiger partial charge in [0.05, 0.1) is 24.2 Å². The molecule has 2 aromatic heterocycles. The molecule has 178 valence electrons. The molecule has 0 radical (unpaired) electrons. The van der Waals surface area contributed by atoms with Crippen LogP contribution >= 0.6 is 11.6 Å². The van der Waals surface area contributed by atoms with Gasteiger partial charge in [-0.25, -0.2) is 0 Å². The van der Waals surface area contributed by atoms with Crippen molar-refractivity contribution in [2.24, 2.45) is 7.05 Å². The number of nitrogens with zero attached hydrogens (tertiary/aromatic N) is 3. The molecule has 4 rings (SSSR count). The Hall–Kier alpha value is -3.25. The van der Waals surface area contributed by atoms with E-state index in [2.05, 4.69) is 34.8 Å². The SMILES string of the molecule is Cc1cc(OCCCc2c(C)n(CCC(=O)O)c3c(-c4ccnn4C)cccc23)cc(C)c1Cl. The molecular weight excluding hydrogens is 450 g/mol. The molecule has 2 aromatic carbocycles. The molecule has 0 amide bonds. The quantitative estimate of drug-likeness (QED) is 0.294. The molecule has 0 aliphatic carbocycles. The van der Waals surface area contributed by atoms with Gasteiger partial charge in [-0.2, -0.15) is 5.10 Å². The van der Waals surface area contributed by atoms with Crippen molar-refractivity contribution in [1.29, 1.82) is 0 Å². The summed E-state index contributed by atoms with van der Waals surface area (Å²) in [5.74, 6) is 0.0290. The number of aliphatic carboxylic acids is 1. The molecular formula is C27H30ClN3O3. The molecule has 0 saturated carbocycles. The number of carboxylic acids is 1. The van der Waals surface area contributed by atoms with E-state index in [1.54, 1.807) is 6.20 Å². The Balaban J connectivity index is 1.63. The molecule has 1 N–H and O–H groups in total. The third-order valence-electron chi connectivity index (χ3n) is 6.37. The van der Waals surface area contributed by atoms with E-state index >= 15 is 0 Å². The van der Waals surface area contributed by atoms with Gasteiger partial charge in [0.2, 0.25) is 0 Å². The third-order valence-corrected chi connectivity index (χ3v) is 6.96. The van der Waals surface area contributed by atoms with E-state index in [1.807, 2.05) is 43.8 Å². The topological polar surface area (TPSA) is 69.3 Å². The van der Waals surface area contributed by atoms with Crippen LogP contribution in [-0.4, -0.2) is 32.0 Å². The number of aryl methyl sites for hydroxylation is 5. The summed E-state index contributed by atoms with van der Waals surface area (Å²) in [6.45, 7) is 7.06. The number of para-hydroxylation sites is 1. The van der Waals surface area contributed by atoms with Crippen LogP contribution in [0.3, 0.4) is 0 Å². The highest BCUT2D eigenvalue weighted by molar-refractivity contribution is 6.32. The summed E-state index contributed by atoms with van der Waals surface area (Å²) >= 11 is 6.27. The molecule has 0 unspecified atom stereocenters. The second-order valence-electron chi connectivity index (χ2n) is 8.72. The number of carboxylic acid groups (broad SMARTS) is 1. The number of halogens is 1. The zero-order chi connectivity index (χ0) is 24.4. The summed E-state index contributed by atoms with van der Waals surface area (Å²) < 4.78 is 10.0. The van der Waals surface area contributed by atoms with Crippen molar-refractivity contribution in [3.63, 3.8) is 0 Å². The monoisotopic (exact) mass is 479 g/mol. The first kappa shape index (κ1) is 23.9. The summed E-state index contributed by atoms with van der Waals surface area (Å²) in [4.78, 5) is 11.4. The van der Waals surface area contributed by atoms with E-state index in [0.717, 1.165) is 62.6 Å². The van der Waals surface area contributed by atoms with Crippen LogP contribution in [0.1, 0.15) is 35.2 Å². The number of hydrogen-bond acceptors (Lipinski definition) is 3. The lowest BCUT2D eigenvalue weighted by Crippen LogP contribution is -2.07. The highest BCUT2D eigenvalue weighted by atomic mass is 35.5. The number of aromatic nitrogens is 3. The van der Waals surface area contributed by atoms with Crippen LogP contribution in [0.5, 0.6) is 5.75 Å². The van der Waals surface area contributed by atoms with Crippen LogP contribution in [0.25, 0.3) is 22.2 Å². The van der Waals surface area contributed by atoms with Crippen LogP contribution in [0, 0.1) is 20.8 Å². The van der Waals surface area contributed by atoms with E-state index in [4.69, 9.17) is 16.3 Å². The Labute approximate surface area is 204 Å². The Morgan fingerprint density at radius 1 is 1.15 bits per heavy atom. The highest BCUT2D eigenvalue weighted by Crippen LogP contribution is 2.35. The molecule has 4 aromatic rings.